The first-order valence-electron chi connectivity index (χ1n) is 13.1. The third-order valence-electron chi connectivity index (χ3n) is 6.83. The summed E-state index contributed by atoms with van der Waals surface area (Å²) in [6.07, 6.45) is 4.86. The molecule has 1 saturated heterocycles. The van der Waals surface area contributed by atoms with Gasteiger partial charge in [0.05, 0.1) is 5.69 Å². The number of amides is 1. The monoisotopic (exact) mass is 490 g/mol. The Bertz CT molecular complexity index is 1160. The first-order valence-corrected chi connectivity index (χ1v) is 13.1. The molecule has 1 fully saturated rings. The number of benzene rings is 2. The molecule has 0 radical (unpaired) electrons. The molecule has 0 spiro atoms. The molecule has 36 heavy (non-hydrogen) atoms. The predicted molar refractivity (Wildman–Crippen MR) is 144 cm³/mol. The van der Waals surface area contributed by atoms with E-state index in [0.29, 0.717) is 0 Å². The molecule has 1 aliphatic rings. The molecule has 2 heterocycles. The van der Waals surface area contributed by atoms with E-state index in [2.05, 4.69) is 27.1 Å². The van der Waals surface area contributed by atoms with Crippen LogP contribution in [0.25, 0.3) is 5.69 Å². The third-order valence-corrected chi connectivity index (χ3v) is 6.83. The number of aromatic nitrogens is 3. The van der Waals surface area contributed by atoms with Crippen molar-refractivity contribution in [1.82, 2.24) is 24.6 Å². The van der Waals surface area contributed by atoms with Crippen LogP contribution in [0.5, 0.6) is 0 Å². The van der Waals surface area contributed by atoms with Crippen LogP contribution in [0, 0.1) is 0 Å². The number of carbonyl (C=O) groups is 1. The molecule has 0 bridgehead atoms. The minimum atomic E-state index is -0.278. The van der Waals surface area contributed by atoms with E-state index in [1.165, 1.54) is 4.68 Å². The Balaban J connectivity index is 1.41. The third kappa shape index (κ3) is 5.87. The van der Waals surface area contributed by atoms with Crippen LogP contribution in [-0.2, 0) is 4.79 Å². The van der Waals surface area contributed by atoms with Gasteiger partial charge in [0, 0.05) is 44.5 Å². The van der Waals surface area contributed by atoms with E-state index in [9.17, 15) is 9.59 Å². The first-order chi connectivity index (χ1) is 17.5. The van der Waals surface area contributed by atoms with Crippen LogP contribution in [0.15, 0.2) is 65.7 Å². The molecular weight excluding hydrogens is 452 g/mol. The Labute approximate surface area is 213 Å². The molecule has 0 saturated carbocycles. The summed E-state index contributed by atoms with van der Waals surface area (Å²) in [7, 11) is 0. The summed E-state index contributed by atoms with van der Waals surface area (Å²) in [4.78, 5) is 30.4. The fraction of sp³-hybridized carbons (Fsp3) is 0.464. The van der Waals surface area contributed by atoms with Gasteiger partial charge in [-0.15, -0.1) is 0 Å². The number of hydrogen-bond acceptors (Lipinski definition) is 5. The number of unbranched alkanes of at least 4 members (excludes halogenated alkanes) is 2. The number of rotatable bonds is 10. The topological polar surface area (TPSA) is 75.4 Å². The number of nitrogens with zero attached hydrogens (tertiary/aromatic N) is 5. The molecule has 1 aliphatic heterocycles. The summed E-state index contributed by atoms with van der Waals surface area (Å²) in [5.74, 6) is 0.0846. The van der Waals surface area contributed by atoms with Gasteiger partial charge in [0.15, 0.2) is 0 Å². The molecule has 2 aromatic carbocycles. The van der Waals surface area contributed by atoms with E-state index in [4.69, 9.17) is 0 Å². The predicted octanol–water partition coefficient (Wildman–Crippen LogP) is 3.78. The van der Waals surface area contributed by atoms with Gasteiger partial charge in [0.1, 0.15) is 12.4 Å². The lowest BCUT2D eigenvalue weighted by Gasteiger charge is -2.39. The standard InChI is InChI=1S/C28H38N6O2/c1-4-5-9-16-29-27(35)26(23-10-7-6-8-11-23)32-19-17-31(18-20-32)24-12-14-25(15-13-24)34-28(36)33(21-30-34)22(2)3/h6-8,10-15,21-22,26H,4-5,9,16-20H2,1-3H3,(H,29,35). The van der Waals surface area contributed by atoms with Crippen molar-refractivity contribution in [3.8, 4) is 5.69 Å². The fourth-order valence-corrected chi connectivity index (χ4v) is 4.74. The normalized spacial score (nSPS) is 15.3. The number of nitrogens with one attached hydrogen (secondary N) is 1. The Hall–Kier alpha value is -3.39. The van der Waals surface area contributed by atoms with Gasteiger partial charge < -0.3 is 10.2 Å². The molecule has 4 rings (SSSR count). The number of piperazine rings is 1. The second kappa shape index (κ2) is 12.0. The number of hydrogen-bond donors (Lipinski definition) is 1. The van der Waals surface area contributed by atoms with E-state index >= 15 is 0 Å². The van der Waals surface area contributed by atoms with Crippen molar-refractivity contribution in [3.05, 3.63) is 77.0 Å². The highest BCUT2D eigenvalue weighted by atomic mass is 16.2. The van der Waals surface area contributed by atoms with Crippen molar-refractivity contribution in [2.24, 2.45) is 0 Å². The van der Waals surface area contributed by atoms with Gasteiger partial charge in [-0.05, 0) is 50.1 Å². The second-order valence-electron chi connectivity index (χ2n) is 9.68. The van der Waals surface area contributed by atoms with Crippen LogP contribution in [0.3, 0.4) is 0 Å². The summed E-state index contributed by atoms with van der Waals surface area (Å²) in [5, 5.41) is 7.43. The van der Waals surface area contributed by atoms with Crippen LogP contribution in [0.2, 0.25) is 0 Å². The van der Waals surface area contributed by atoms with E-state index in [1.807, 2.05) is 68.4 Å². The Morgan fingerprint density at radius 3 is 2.22 bits per heavy atom. The van der Waals surface area contributed by atoms with Crippen molar-refractivity contribution < 1.29 is 4.79 Å². The van der Waals surface area contributed by atoms with Gasteiger partial charge in [-0.25, -0.2) is 4.79 Å². The van der Waals surface area contributed by atoms with Crippen molar-refractivity contribution in [2.75, 3.05) is 37.6 Å². The van der Waals surface area contributed by atoms with Crippen molar-refractivity contribution in [3.63, 3.8) is 0 Å². The van der Waals surface area contributed by atoms with Crippen LogP contribution in [0.1, 0.15) is 57.7 Å². The van der Waals surface area contributed by atoms with Crippen LogP contribution in [-0.4, -0.2) is 57.9 Å². The van der Waals surface area contributed by atoms with Crippen LogP contribution >= 0.6 is 0 Å². The number of carbonyl (C=O) groups excluding carboxylic acids is 1. The summed E-state index contributed by atoms with van der Waals surface area (Å²) in [5.41, 5.74) is 2.77. The lowest BCUT2D eigenvalue weighted by Crippen LogP contribution is -2.51. The highest BCUT2D eigenvalue weighted by Crippen LogP contribution is 2.25. The Morgan fingerprint density at radius 2 is 1.61 bits per heavy atom. The van der Waals surface area contributed by atoms with Gasteiger partial charge in [-0.2, -0.15) is 9.78 Å². The molecule has 8 heteroatoms. The zero-order valence-corrected chi connectivity index (χ0v) is 21.6. The maximum atomic E-state index is 13.2. The Morgan fingerprint density at radius 1 is 0.944 bits per heavy atom. The molecule has 1 aromatic heterocycles. The van der Waals surface area contributed by atoms with E-state index < -0.39 is 0 Å². The van der Waals surface area contributed by atoms with Gasteiger partial charge in [-0.3, -0.25) is 14.3 Å². The fourth-order valence-electron chi connectivity index (χ4n) is 4.74. The molecule has 1 atom stereocenters. The van der Waals surface area contributed by atoms with Crippen molar-refractivity contribution >= 4 is 11.6 Å². The molecule has 192 valence electrons. The van der Waals surface area contributed by atoms with Crippen LogP contribution in [0.4, 0.5) is 5.69 Å². The van der Waals surface area contributed by atoms with Gasteiger partial charge in [0.2, 0.25) is 5.91 Å². The molecule has 8 nitrogen and oxygen atoms in total. The van der Waals surface area contributed by atoms with Crippen LogP contribution < -0.4 is 15.9 Å². The highest BCUT2D eigenvalue weighted by molar-refractivity contribution is 5.83. The average molecular weight is 491 g/mol. The summed E-state index contributed by atoms with van der Waals surface area (Å²) < 4.78 is 3.06. The maximum absolute atomic E-state index is 13.2. The van der Waals surface area contributed by atoms with Gasteiger partial charge in [0.25, 0.3) is 0 Å². The minimum Gasteiger partial charge on any atom is -0.369 e. The van der Waals surface area contributed by atoms with Gasteiger partial charge >= 0.3 is 5.69 Å². The van der Waals surface area contributed by atoms with E-state index in [-0.39, 0.29) is 23.7 Å². The minimum absolute atomic E-state index is 0.0694. The molecule has 0 aliphatic carbocycles. The maximum Gasteiger partial charge on any atom is 0.350 e. The SMILES string of the molecule is CCCCCNC(=O)C(c1ccccc1)N1CCN(c2ccc(-n3ncn(C(C)C)c3=O)cc2)CC1. The summed E-state index contributed by atoms with van der Waals surface area (Å²) in [6.45, 7) is 10.1. The molecule has 3 aromatic rings. The van der Waals surface area contributed by atoms with Crippen molar-refractivity contribution in [2.45, 2.75) is 52.1 Å². The zero-order valence-electron chi connectivity index (χ0n) is 21.6. The first kappa shape index (κ1) is 25.7. The summed E-state index contributed by atoms with van der Waals surface area (Å²) >= 11 is 0. The zero-order chi connectivity index (χ0) is 25.5. The van der Waals surface area contributed by atoms with E-state index in [1.54, 1.807) is 10.9 Å². The lowest BCUT2D eigenvalue weighted by molar-refractivity contribution is -0.126. The quantitative estimate of drug-likeness (QED) is 0.438. The molecule has 1 N–H and O–H groups in total. The Kier molecular flexibility index (Phi) is 8.59. The van der Waals surface area contributed by atoms with E-state index in [0.717, 1.165) is 68.9 Å². The highest BCUT2D eigenvalue weighted by Gasteiger charge is 2.30. The summed E-state index contributed by atoms with van der Waals surface area (Å²) in [6, 6.07) is 17.8. The average Bonchev–Trinajstić information content (AvgIpc) is 3.29. The van der Waals surface area contributed by atoms with Gasteiger partial charge in [-0.1, -0.05) is 50.1 Å². The smallest absolute Gasteiger partial charge is 0.350 e. The molecular formula is C28H38N6O2. The number of anilines is 1. The molecule has 1 amide bonds. The second-order valence-corrected chi connectivity index (χ2v) is 9.68. The largest absolute Gasteiger partial charge is 0.369 e. The van der Waals surface area contributed by atoms with Crippen molar-refractivity contribution in [1.29, 1.82) is 0 Å². The lowest BCUT2D eigenvalue weighted by atomic mass is 10.0. The molecule has 1 unspecified atom stereocenters.